The Morgan fingerprint density at radius 2 is 2.17 bits per heavy atom. The summed E-state index contributed by atoms with van der Waals surface area (Å²) in [6.07, 6.45) is 1.99. The Bertz CT molecular complexity index is 1040. The molecule has 7 heteroatoms. The summed E-state index contributed by atoms with van der Waals surface area (Å²) in [6.45, 7) is 1.04. The summed E-state index contributed by atoms with van der Waals surface area (Å²) in [5.74, 6) is -0.807. The van der Waals surface area contributed by atoms with E-state index in [4.69, 9.17) is 9.47 Å². The molecule has 0 unspecified atom stereocenters. The lowest BCUT2D eigenvalue weighted by Gasteiger charge is -2.12. The predicted molar refractivity (Wildman–Crippen MR) is 108 cm³/mol. The Hall–Kier alpha value is -2.90. The summed E-state index contributed by atoms with van der Waals surface area (Å²) in [5.41, 5.74) is 2.20. The minimum Gasteiger partial charge on any atom is -0.491 e. The number of benzene rings is 2. The lowest BCUT2D eigenvalue weighted by Crippen LogP contribution is -2.17. The van der Waals surface area contributed by atoms with Crippen molar-refractivity contribution in [2.45, 2.75) is 25.6 Å². The summed E-state index contributed by atoms with van der Waals surface area (Å²) in [4.78, 5) is 12.5. The summed E-state index contributed by atoms with van der Waals surface area (Å²) in [5, 5.41) is 13.0. The minimum absolute atomic E-state index is 0.0419. The molecule has 1 aliphatic rings. The predicted octanol–water partition coefficient (Wildman–Crippen LogP) is 3.62. The number of aliphatic hydroxyl groups is 1. The molecule has 0 radical (unpaired) electrons. The van der Waals surface area contributed by atoms with Crippen molar-refractivity contribution in [3.05, 3.63) is 59.5 Å². The van der Waals surface area contributed by atoms with E-state index in [1.165, 1.54) is 12.1 Å². The molecule has 1 aromatic heterocycles. The van der Waals surface area contributed by atoms with Crippen LogP contribution in [0.3, 0.4) is 0 Å². The van der Waals surface area contributed by atoms with Crippen LogP contribution in [0, 0.1) is 5.82 Å². The first kappa shape index (κ1) is 19.4. The Kier molecular flexibility index (Phi) is 5.51. The van der Waals surface area contributed by atoms with Crippen molar-refractivity contribution in [1.29, 1.82) is 0 Å². The third-order valence-corrected chi connectivity index (χ3v) is 5.21. The first-order valence-corrected chi connectivity index (χ1v) is 9.59. The van der Waals surface area contributed by atoms with Crippen molar-refractivity contribution in [3.63, 3.8) is 0 Å². The van der Waals surface area contributed by atoms with Crippen LogP contribution in [-0.4, -0.2) is 34.9 Å². The van der Waals surface area contributed by atoms with Crippen molar-refractivity contribution in [2.75, 3.05) is 18.5 Å². The number of anilines is 1. The molecule has 29 heavy (non-hydrogen) atoms. The van der Waals surface area contributed by atoms with Crippen LogP contribution in [0.25, 0.3) is 10.9 Å². The van der Waals surface area contributed by atoms with E-state index in [0.29, 0.717) is 18.0 Å². The number of rotatable bonds is 6. The zero-order valence-corrected chi connectivity index (χ0v) is 16.2. The number of nitrogens with zero attached hydrogens (tertiary/aromatic N) is 1. The number of aromatic nitrogens is 1. The molecule has 6 nitrogen and oxygen atoms in total. The first-order valence-electron chi connectivity index (χ1n) is 9.59. The Morgan fingerprint density at radius 3 is 2.90 bits per heavy atom. The van der Waals surface area contributed by atoms with E-state index in [9.17, 15) is 14.3 Å². The van der Waals surface area contributed by atoms with Gasteiger partial charge >= 0.3 is 0 Å². The summed E-state index contributed by atoms with van der Waals surface area (Å²) >= 11 is 0. The Balaban J connectivity index is 1.45. The summed E-state index contributed by atoms with van der Waals surface area (Å²) in [7, 11) is 1.87. The van der Waals surface area contributed by atoms with Gasteiger partial charge < -0.3 is 24.5 Å². The second-order valence-electron chi connectivity index (χ2n) is 7.17. The van der Waals surface area contributed by atoms with E-state index in [2.05, 4.69) is 5.32 Å². The molecular formula is C22H23FN2O4. The van der Waals surface area contributed by atoms with Crippen LogP contribution in [0.5, 0.6) is 5.75 Å². The maximum absolute atomic E-state index is 14.5. The van der Waals surface area contributed by atoms with Crippen LogP contribution in [-0.2, 0) is 18.4 Å². The van der Waals surface area contributed by atoms with E-state index < -0.39 is 11.7 Å². The van der Waals surface area contributed by atoms with Gasteiger partial charge in [-0.25, -0.2) is 4.39 Å². The highest BCUT2D eigenvalue weighted by Gasteiger charge is 2.17. The number of aryl methyl sites for hydroxylation is 1. The van der Waals surface area contributed by atoms with E-state index in [1.54, 1.807) is 18.2 Å². The molecule has 0 spiro atoms. The van der Waals surface area contributed by atoms with Crippen molar-refractivity contribution in [1.82, 2.24) is 4.57 Å². The van der Waals surface area contributed by atoms with E-state index in [1.807, 2.05) is 23.7 Å². The number of aliphatic hydroxyl groups excluding tert-OH is 1. The fourth-order valence-electron chi connectivity index (χ4n) is 3.57. The first-order chi connectivity index (χ1) is 14.0. The maximum atomic E-state index is 14.5. The molecule has 1 amide bonds. The highest BCUT2D eigenvalue weighted by Crippen LogP contribution is 2.24. The minimum atomic E-state index is -0.643. The standard InChI is InChI=1S/C22H23FN2O4/c1-25-16(12-26)10-14-9-15(4-7-21(14)25)24-22(27)19-6-5-17(11-20(19)23)29-13-18-3-2-8-28-18/h4-7,9-11,18,26H,2-3,8,12-13H2,1H3,(H,24,27)/t18-/m0/s1. The molecule has 1 saturated heterocycles. The zero-order valence-electron chi connectivity index (χ0n) is 16.2. The number of amides is 1. The fraction of sp³-hybridized carbons (Fsp3) is 0.318. The topological polar surface area (TPSA) is 72.7 Å². The van der Waals surface area contributed by atoms with Gasteiger partial charge in [-0.3, -0.25) is 4.79 Å². The lowest BCUT2D eigenvalue weighted by molar-refractivity contribution is 0.0678. The van der Waals surface area contributed by atoms with Gasteiger partial charge in [0.1, 0.15) is 18.2 Å². The average Bonchev–Trinajstić information content (AvgIpc) is 3.34. The number of hydrogen-bond acceptors (Lipinski definition) is 4. The van der Waals surface area contributed by atoms with Gasteiger partial charge in [-0.2, -0.15) is 0 Å². The largest absolute Gasteiger partial charge is 0.491 e. The van der Waals surface area contributed by atoms with Gasteiger partial charge in [0.15, 0.2) is 0 Å². The van der Waals surface area contributed by atoms with E-state index >= 15 is 0 Å². The van der Waals surface area contributed by atoms with Gasteiger partial charge in [0, 0.05) is 42.0 Å². The van der Waals surface area contributed by atoms with Gasteiger partial charge in [0.2, 0.25) is 0 Å². The third kappa shape index (κ3) is 4.11. The highest BCUT2D eigenvalue weighted by molar-refractivity contribution is 6.05. The number of carbonyl (C=O) groups excluding carboxylic acids is 1. The van der Waals surface area contributed by atoms with Crippen molar-refractivity contribution >= 4 is 22.5 Å². The van der Waals surface area contributed by atoms with Crippen molar-refractivity contribution in [2.24, 2.45) is 7.05 Å². The number of halogens is 1. The molecule has 1 aliphatic heterocycles. The molecular weight excluding hydrogens is 375 g/mol. The number of carbonyl (C=O) groups is 1. The van der Waals surface area contributed by atoms with Gasteiger partial charge in [0.25, 0.3) is 5.91 Å². The van der Waals surface area contributed by atoms with Crippen LogP contribution < -0.4 is 10.1 Å². The molecule has 0 bridgehead atoms. The molecule has 0 aliphatic carbocycles. The molecule has 2 N–H and O–H groups in total. The number of fused-ring (bicyclic) bond motifs is 1. The van der Waals surface area contributed by atoms with Gasteiger partial charge in [-0.05, 0) is 49.2 Å². The molecule has 3 aromatic rings. The molecule has 152 valence electrons. The number of nitrogens with one attached hydrogen (secondary N) is 1. The molecule has 0 saturated carbocycles. The van der Waals surface area contributed by atoms with Crippen LogP contribution in [0.4, 0.5) is 10.1 Å². The Labute approximate surface area is 167 Å². The van der Waals surface area contributed by atoms with Crippen LogP contribution in [0.2, 0.25) is 0 Å². The molecule has 2 aromatic carbocycles. The monoisotopic (exact) mass is 398 g/mol. The Morgan fingerprint density at radius 1 is 1.31 bits per heavy atom. The quantitative estimate of drug-likeness (QED) is 0.665. The second kappa shape index (κ2) is 8.23. The third-order valence-electron chi connectivity index (χ3n) is 5.21. The van der Waals surface area contributed by atoms with Gasteiger partial charge in [-0.1, -0.05) is 0 Å². The van der Waals surface area contributed by atoms with Crippen LogP contribution in [0.15, 0.2) is 42.5 Å². The highest BCUT2D eigenvalue weighted by atomic mass is 19.1. The fourth-order valence-corrected chi connectivity index (χ4v) is 3.57. The van der Waals surface area contributed by atoms with Gasteiger partial charge in [-0.15, -0.1) is 0 Å². The normalized spacial score (nSPS) is 16.3. The lowest BCUT2D eigenvalue weighted by atomic mass is 10.1. The zero-order chi connectivity index (χ0) is 20.4. The summed E-state index contributed by atoms with van der Waals surface area (Å²) in [6, 6.07) is 11.5. The van der Waals surface area contributed by atoms with Crippen molar-refractivity contribution < 1.29 is 23.8 Å². The second-order valence-corrected chi connectivity index (χ2v) is 7.17. The molecule has 1 fully saturated rings. The van der Waals surface area contributed by atoms with Crippen LogP contribution >= 0.6 is 0 Å². The average molecular weight is 398 g/mol. The molecule has 2 heterocycles. The van der Waals surface area contributed by atoms with E-state index in [-0.39, 0.29) is 18.3 Å². The van der Waals surface area contributed by atoms with E-state index in [0.717, 1.165) is 36.0 Å². The summed E-state index contributed by atoms with van der Waals surface area (Å²) < 4.78 is 27.4. The SMILES string of the molecule is Cn1c(CO)cc2cc(NC(=O)c3ccc(OC[C@@H]4CCCO4)cc3F)ccc21. The smallest absolute Gasteiger partial charge is 0.258 e. The van der Waals surface area contributed by atoms with Crippen LogP contribution in [0.1, 0.15) is 28.9 Å². The maximum Gasteiger partial charge on any atom is 0.258 e. The molecule has 4 rings (SSSR count). The number of ether oxygens (including phenoxy) is 2. The van der Waals surface area contributed by atoms with Gasteiger partial charge in [0.05, 0.1) is 18.3 Å². The number of hydrogen-bond donors (Lipinski definition) is 2. The molecule has 1 atom stereocenters. The van der Waals surface area contributed by atoms with Crippen molar-refractivity contribution in [3.8, 4) is 5.75 Å².